The fourth-order valence-corrected chi connectivity index (χ4v) is 4.10. The number of imidazole rings is 1. The second kappa shape index (κ2) is 5.66. The van der Waals surface area contributed by atoms with Crippen molar-refractivity contribution in [2.45, 2.75) is 38.9 Å². The fourth-order valence-electron chi connectivity index (χ4n) is 3.34. The molecule has 8 nitrogen and oxygen atoms in total. The van der Waals surface area contributed by atoms with Crippen molar-refractivity contribution in [3.8, 4) is 0 Å². The Labute approximate surface area is 153 Å². The lowest BCUT2D eigenvalue weighted by Crippen LogP contribution is -2.39. The quantitative estimate of drug-likeness (QED) is 0.756. The average molecular weight is 370 g/mol. The summed E-state index contributed by atoms with van der Waals surface area (Å²) in [7, 11) is 0. The topological polar surface area (TPSA) is 84.5 Å². The molecule has 0 atom stereocenters. The number of fused-ring (bicyclic) bond motifs is 2. The number of carbonyl (C=O) groups is 2. The van der Waals surface area contributed by atoms with Crippen LogP contribution in [0.15, 0.2) is 17.6 Å². The minimum atomic E-state index is -0.126. The third kappa shape index (κ3) is 2.50. The third-order valence-corrected chi connectivity index (χ3v) is 5.63. The van der Waals surface area contributed by atoms with Gasteiger partial charge in [-0.1, -0.05) is 0 Å². The molecule has 1 N–H and O–H groups in total. The van der Waals surface area contributed by atoms with Crippen LogP contribution >= 0.6 is 11.3 Å². The molecule has 1 fully saturated rings. The Balaban J connectivity index is 1.39. The zero-order valence-electron chi connectivity index (χ0n) is 14.3. The predicted molar refractivity (Wildman–Crippen MR) is 95.3 cm³/mol. The molecule has 26 heavy (non-hydrogen) atoms. The van der Waals surface area contributed by atoms with Gasteiger partial charge in [-0.3, -0.25) is 18.7 Å². The maximum absolute atomic E-state index is 13.1. The molecule has 0 bridgehead atoms. The highest BCUT2D eigenvalue weighted by Gasteiger charge is 2.29. The van der Waals surface area contributed by atoms with E-state index >= 15 is 0 Å². The van der Waals surface area contributed by atoms with Crippen molar-refractivity contribution in [3.05, 3.63) is 40.4 Å². The van der Waals surface area contributed by atoms with Crippen LogP contribution < -0.4 is 5.32 Å². The lowest BCUT2D eigenvalue weighted by molar-refractivity contribution is 0.0697. The zero-order chi connectivity index (χ0) is 17.8. The summed E-state index contributed by atoms with van der Waals surface area (Å²) in [5, 5.41) is 9.28. The number of hydrogen-bond donors (Lipinski definition) is 1. The van der Waals surface area contributed by atoms with E-state index in [1.165, 1.54) is 11.3 Å². The van der Waals surface area contributed by atoms with Gasteiger partial charge in [-0.05, 0) is 25.8 Å². The van der Waals surface area contributed by atoms with Crippen molar-refractivity contribution in [1.82, 2.24) is 29.4 Å². The monoisotopic (exact) mass is 370 g/mol. The van der Waals surface area contributed by atoms with E-state index in [0.717, 1.165) is 29.2 Å². The van der Waals surface area contributed by atoms with E-state index in [9.17, 15) is 9.59 Å². The van der Waals surface area contributed by atoms with E-state index in [2.05, 4.69) is 15.4 Å². The maximum atomic E-state index is 13.1. The molecular formula is C17H18N6O2S. The van der Waals surface area contributed by atoms with Gasteiger partial charge in [0.05, 0.1) is 24.5 Å². The van der Waals surface area contributed by atoms with Gasteiger partial charge in [-0.25, -0.2) is 4.98 Å². The van der Waals surface area contributed by atoms with Gasteiger partial charge in [0.15, 0.2) is 10.7 Å². The number of thiazole rings is 1. The molecule has 9 heteroatoms. The number of rotatable bonds is 3. The number of amides is 2. The summed E-state index contributed by atoms with van der Waals surface area (Å²) in [5.41, 5.74) is 2.67. The molecule has 2 amide bonds. The summed E-state index contributed by atoms with van der Waals surface area (Å²) >= 11 is 1.51. The van der Waals surface area contributed by atoms with Crippen LogP contribution in [0.5, 0.6) is 0 Å². The van der Waals surface area contributed by atoms with Gasteiger partial charge in [-0.2, -0.15) is 5.10 Å². The van der Waals surface area contributed by atoms with Gasteiger partial charge in [0.1, 0.15) is 5.69 Å². The normalized spacial score (nSPS) is 16.7. The number of nitrogens with one attached hydrogen (secondary N) is 1. The Kier molecular flexibility index (Phi) is 3.39. The molecule has 4 heterocycles. The first kappa shape index (κ1) is 15.6. The van der Waals surface area contributed by atoms with E-state index in [4.69, 9.17) is 0 Å². The average Bonchev–Trinajstić information content (AvgIpc) is 3.04. The van der Waals surface area contributed by atoms with Gasteiger partial charge < -0.3 is 10.2 Å². The summed E-state index contributed by atoms with van der Waals surface area (Å²) < 4.78 is 3.68. The summed E-state index contributed by atoms with van der Waals surface area (Å²) in [5.74, 6) is -0.163. The molecule has 0 aromatic carbocycles. The van der Waals surface area contributed by atoms with E-state index in [1.807, 2.05) is 27.6 Å². The number of nitrogens with zero attached hydrogens (tertiary/aromatic N) is 5. The van der Waals surface area contributed by atoms with Gasteiger partial charge in [0, 0.05) is 24.2 Å². The maximum Gasteiger partial charge on any atom is 0.273 e. The van der Waals surface area contributed by atoms with Crippen LogP contribution in [-0.2, 0) is 13.1 Å². The molecule has 2 aliphatic rings. The number of aromatic nitrogens is 4. The van der Waals surface area contributed by atoms with E-state index in [-0.39, 0.29) is 11.8 Å². The van der Waals surface area contributed by atoms with Gasteiger partial charge in [0.25, 0.3) is 11.8 Å². The Morgan fingerprint density at radius 2 is 2.15 bits per heavy atom. The van der Waals surface area contributed by atoms with Crippen LogP contribution in [0.25, 0.3) is 4.96 Å². The van der Waals surface area contributed by atoms with Crippen LogP contribution in [0.1, 0.15) is 45.2 Å². The molecule has 0 radical (unpaired) electrons. The molecule has 1 saturated carbocycles. The van der Waals surface area contributed by atoms with Crippen molar-refractivity contribution in [2.24, 2.45) is 0 Å². The molecule has 3 aromatic rings. The van der Waals surface area contributed by atoms with Crippen LogP contribution in [0.3, 0.4) is 0 Å². The number of carbonyl (C=O) groups excluding carboxylic acids is 2. The second-order valence-electron chi connectivity index (χ2n) is 6.82. The van der Waals surface area contributed by atoms with Crippen molar-refractivity contribution in [1.29, 1.82) is 0 Å². The molecule has 0 saturated heterocycles. The lowest BCUT2D eigenvalue weighted by atomic mass is 10.2. The number of aryl methyl sites for hydroxylation is 1. The fraction of sp³-hybridized carbons (Fsp3) is 0.412. The van der Waals surface area contributed by atoms with Crippen molar-refractivity contribution < 1.29 is 9.59 Å². The van der Waals surface area contributed by atoms with Gasteiger partial charge >= 0.3 is 0 Å². The minimum absolute atomic E-state index is 0.0372. The molecule has 0 unspecified atom stereocenters. The highest BCUT2D eigenvalue weighted by molar-refractivity contribution is 7.15. The molecule has 134 valence electrons. The van der Waals surface area contributed by atoms with Crippen LogP contribution in [-0.4, -0.2) is 48.5 Å². The second-order valence-corrected chi connectivity index (χ2v) is 7.69. The SMILES string of the molecule is Cc1nc2sccn2c1C(=O)N1CCn2nc(C(=O)NC3CC3)cc2C1. The zero-order valence-corrected chi connectivity index (χ0v) is 15.1. The predicted octanol–water partition coefficient (Wildman–Crippen LogP) is 1.45. The van der Waals surface area contributed by atoms with E-state index < -0.39 is 0 Å². The largest absolute Gasteiger partial charge is 0.348 e. The van der Waals surface area contributed by atoms with Crippen LogP contribution in [0.4, 0.5) is 0 Å². The molecule has 5 rings (SSSR count). The van der Waals surface area contributed by atoms with Crippen LogP contribution in [0, 0.1) is 6.92 Å². The third-order valence-electron chi connectivity index (χ3n) is 4.87. The molecule has 0 spiro atoms. The standard InChI is InChI=1S/C17H18N6O2S/c1-10-14(22-6-7-26-17(22)18-10)16(25)21-4-5-23-12(9-21)8-13(20-23)15(24)19-11-2-3-11/h6-8,11H,2-5,9H2,1H3,(H,19,24). The lowest BCUT2D eigenvalue weighted by Gasteiger charge is -2.27. The van der Waals surface area contributed by atoms with Gasteiger partial charge in [0.2, 0.25) is 0 Å². The first-order valence-corrected chi connectivity index (χ1v) is 9.57. The summed E-state index contributed by atoms with van der Waals surface area (Å²) in [6.07, 6.45) is 3.97. The summed E-state index contributed by atoms with van der Waals surface area (Å²) in [4.78, 5) is 32.3. The van der Waals surface area contributed by atoms with Crippen molar-refractivity contribution >= 4 is 28.1 Å². The minimum Gasteiger partial charge on any atom is -0.348 e. The van der Waals surface area contributed by atoms with E-state index in [1.54, 1.807) is 11.0 Å². The molecular weight excluding hydrogens is 352 g/mol. The smallest absolute Gasteiger partial charge is 0.273 e. The first-order valence-electron chi connectivity index (χ1n) is 8.69. The first-order chi connectivity index (χ1) is 12.6. The highest BCUT2D eigenvalue weighted by atomic mass is 32.1. The Hall–Kier alpha value is -2.68. The Morgan fingerprint density at radius 3 is 2.96 bits per heavy atom. The van der Waals surface area contributed by atoms with Crippen LogP contribution in [0.2, 0.25) is 0 Å². The summed E-state index contributed by atoms with van der Waals surface area (Å²) in [6.45, 7) is 3.46. The Bertz CT molecular complexity index is 1030. The molecule has 1 aliphatic heterocycles. The van der Waals surface area contributed by atoms with E-state index in [0.29, 0.717) is 37.1 Å². The highest BCUT2D eigenvalue weighted by Crippen LogP contribution is 2.22. The molecule has 3 aromatic heterocycles. The Morgan fingerprint density at radius 1 is 1.31 bits per heavy atom. The van der Waals surface area contributed by atoms with Crippen molar-refractivity contribution in [2.75, 3.05) is 6.54 Å². The number of hydrogen-bond acceptors (Lipinski definition) is 5. The molecule has 1 aliphatic carbocycles. The van der Waals surface area contributed by atoms with Gasteiger partial charge in [-0.15, -0.1) is 11.3 Å². The van der Waals surface area contributed by atoms with Crippen molar-refractivity contribution in [3.63, 3.8) is 0 Å². The summed E-state index contributed by atoms with van der Waals surface area (Å²) in [6, 6.07) is 2.10.